The van der Waals surface area contributed by atoms with Crippen LogP contribution in [0, 0.1) is 0 Å². The van der Waals surface area contributed by atoms with Gasteiger partial charge in [0.05, 0.1) is 0 Å². The van der Waals surface area contributed by atoms with E-state index < -0.39 is 18.1 Å². The molecule has 108 valence electrons. The topological polar surface area (TPSA) is 73.8 Å². The van der Waals surface area contributed by atoms with Crippen molar-refractivity contribution in [2.75, 3.05) is 26.4 Å². The molecule has 8 nitrogen and oxygen atoms in total. The summed E-state index contributed by atoms with van der Waals surface area (Å²) in [5.41, 5.74) is 0. The van der Waals surface area contributed by atoms with Crippen molar-refractivity contribution >= 4 is 18.1 Å². The third-order valence-corrected chi connectivity index (χ3v) is 5.83. The van der Waals surface area contributed by atoms with Crippen molar-refractivity contribution in [1.82, 2.24) is 0 Å². The van der Waals surface area contributed by atoms with E-state index in [0.717, 1.165) is 0 Å². The third kappa shape index (κ3) is 4.06. The number of rotatable bonds is 8. The molecule has 0 aromatic carbocycles. The number of hydrogen-bond acceptors (Lipinski definition) is 8. The normalized spacial score (nSPS) is 22.0. The van der Waals surface area contributed by atoms with Crippen LogP contribution in [0.3, 0.4) is 0 Å². The van der Waals surface area contributed by atoms with Gasteiger partial charge < -0.3 is 17.7 Å². The minimum Gasteiger partial charge on any atom is -0.349 e. The molecule has 0 saturated carbocycles. The van der Waals surface area contributed by atoms with E-state index in [1.165, 1.54) is 0 Å². The summed E-state index contributed by atoms with van der Waals surface area (Å²) in [6.45, 7) is 8.51. The van der Waals surface area contributed by atoms with Gasteiger partial charge in [-0.1, -0.05) is 0 Å². The Morgan fingerprint density at radius 3 is 0.944 bits per heavy atom. The fourth-order valence-electron chi connectivity index (χ4n) is 1.21. The lowest BCUT2D eigenvalue weighted by atomic mass is 10.9. The van der Waals surface area contributed by atoms with E-state index in [2.05, 4.69) is 0 Å². The van der Waals surface area contributed by atoms with Crippen molar-refractivity contribution in [2.45, 2.75) is 27.7 Å². The van der Waals surface area contributed by atoms with Gasteiger partial charge in [0.15, 0.2) is 0 Å². The number of hydrogen-bond donors (Lipinski definition) is 0. The van der Waals surface area contributed by atoms with Gasteiger partial charge in [0.1, 0.15) is 0 Å². The Bertz CT molecular complexity index is 193. The molecule has 0 unspecified atom stereocenters. The Labute approximate surface area is 109 Å². The first kappa shape index (κ1) is 16.2. The molecular formula is C8H20O8Si2. The Morgan fingerprint density at radius 2 is 0.778 bits per heavy atom. The lowest BCUT2D eigenvalue weighted by Gasteiger charge is -2.35. The molecule has 1 heterocycles. The van der Waals surface area contributed by atoms with Crippen molar-refractivity contribution in [2.24, 2.45) is 0 Å². The van der Waals surface area contributed by atoms with Gasteiger partial charge in [0.25, 0.3) is 0 Å². The Hall–Kier alpha value is 0.114. The van der Waals surface area contributed by atoms with Crippen LogP contribution in [0.1, 0.15) is 27.7 Å². The van der Waals surface area contributed by atoms with Crippen LogP contribution in [0.5, 0.6) is 0 Å². The Balaban J connectivity index is 2.64. The van der Waals surface area contributed by atoms with Gasteiger partial charge in [-0.15, -0.1) is 0 Å². The van der Waals surface area contributed by atoms with Gasteiger partial charge in [-0.05, 0) is 27.7 Å². The molecule has 1 rings (SSSR count). The van der Waals surface area contributed by atoms with Gasteiger partial charge in [0, 0.05) is 26.4 Å². The summed E-state index contributed by atoms with van der Waals surface area (Å²) < 4.78 is 41.7. The monoisotopic (exact) mass is 300 g/mol. The fourth-order valence-corrected chi connectivity index (χ4v) is 4.87. The molecular weight excluding hydrogens is 280 g/mol. The van der Waals surface area contributed by atoms with E-state index in [1.807, 2.05) is 0 Å². The zero-order valence-electron chi connectivity index (χ0n) is 11.1. The predicted octanol–water partition coefficient (Wildman–Crippen LogP) is 0.914. The van der Waals surface area contributed by atoms with Crippen LogP contribution in [0.2, 0.25) is 0 Å². The second-order valence-corrected chi connectivity index (χ2v) is 6.89. The molecule has 0 bridgehead atoms. The van der Waals surface area contributed by atoms with Crippen LogP contribution in [0.4, 0.5) is 0 Å². The average molecular weight is 300 g/mol. The lowest BCUT2D eigenvalue weighted by molar-refractivity contribution is -0.377. The van der Waals surface area contributed by atoms with Crippen LogP contribution in [-0.2, 0) is 36.0 Å². The summed E-state index contributed by atoms with van der Waals surface area (Å²) in [4.78, 5) is 0. The van der Waals surface area contributed by atoms with Gasteiger partial charge in [-0.3, -0.25) is 0 Å². The molecule has 18 heavy (non-hydrogen) atoms. The first-order chi connectivity index (χ1) is 8.66. The summed E-state index contributed by atoms with van der Waals surface area (Å²) in [5.74, 6) is 0. The van der Waals surface area contributed by atoms with Crippen molar-refractivity contribution in [3.05, 3.63) is 0 Å². The predicted molar refractivity (Wildman–Crippen MR) is 62.4 cm³/mol. The zero-order valence-corrected chi connectivity index (χ0v) is 13.1. The minimum atomic E-state index is -3.40. The molecule has 0 spiro atoms. The average Bonchev–Trinajstić information content (AvgIpc) is 2.35. The maximum absolute atomic E-state index is 5.29. The standard InChI is InChI=1S/C8H20O8Si2/c1-5-9-17(10-6-2)13-15-18(11-7-3,12-8-4)16-14-17/h5-8H2,1-4H3. The molecule has 0 aromatic heterocycles. The van der Waals surface area contributed by atoms with E-state index in [9.17, 15) is 0 Å². The maximum Gasteiger partial charge on any atom is 0.734 e. The smallest absolute Gasteiger partial charge is 0.349 e. The van der Waals surface area contributed by atoms with E-state index in [-0.39, 0.29) is 0 Å². The lowest BCUT2D eigenvalue weighted by Crippen LogP contribution is -2.63. The molecule has 0 aliphatic carbocycles. The van der Waals surface area contributed by atoms with E-state index in [1.54, 1.807) is 27.7 Å². The first-order valence-electron chi connectivity index (χ1n) is 5.95. The molecule has 0 radical (unpaired) electrons. The summed E-state index contributed by atoms with van der Waals surface area (Å²) in [6, 6.07) is 0. The highest BCUT2D eigenvalue weighted by molar-refractivity contribution is 6.59. The van der Waals surface area contributed by atoms with Crippen LogP contribution in [-0.4, -0.2) is 44.5 Å². The summed E-state index contributed by atoms with van der Waals surface area (Å²) >= 11 is 0. The van der Waals surface area contributed by atoms with Crippen LogP contribution >= 0.6 is 0 Å². The molecule has 1 aliphatic heterocycles. The van der Waals surface area contributed by atoms with Gasteiger partial charge in [-0.2, -0.15) is 0 Å². The van der Waals surface area contributed by atoms with Crippen molar-refractivity contribution in [3.8, 4) is 0 Å². The molecule has 0 amide bonds. The Morgan fingerprint density at radius 1 is 0.556 bits per heavy atom. The van der Waals surface area contributed by atoms with Crippen molar-refractivity contribution in [1.29, 1.82) is 0 Å². The molecule has 0 N–H and O–H groups in total. The van der Waals surface area contributed by atoms with Gasteiger partial charge in [0.2, 0.25) is 0 Å². The van der Waals surface area contributed by atoms with Crippen LogP contribution in [0.25, 0.3) is 0 Å². The van der Waals surface area contributed by atoms with Crippen LogP contribution < -0.4 is 0 Å². The molecule has 1 fully saturated rings. The zero-order chi connectivity index (χ0) is 13.5. The third-order valence-electron chi connectivity index (χ3n) is 1.78. The largest absolute Gasteiger partial charge is 0.734 e. The summed E-state index contributed by atoms with van der Waals surface area (Å²) in [6.07, 6.45) is 0. The summed E-state index contributed by atoms with van der Waals surface area (Å²) in [5, 5.41) is 0. The van der Waals surface area contributed by atoms with Gasteiger partial charge >= 0.3 is 18.1 Å². The first-order valence-corrected chi connectivity index (χ1v) is 9.22. The highest BCUT2D eigenvalue weighted by Gasteiger charge is 2.63. The summed E-state index contributed by atoms with van der Waals surface area (Å²) in [7, 11) is -6.80. The SMILES string of the molecule is CCO[Si]1(OCC)OO[Si](OCC)(OCC)OO1. The van der Waals surface area contributed by atoms with Crippen molar-refractivity contribution in [3.63, 3.8) is 0 Å². The minimum absolute atomic E-state index is 0.344. The van der Waals surface area contributed by atoms with Gasteiger partial charge in [-0.25, -0.2) is 18.3 Å². The highest BCUT2D eigenvalue weighted by Crippen LogP contribution is 2.26. The van der Waals surface area contributed by atoms with E-state index >= 15 is 0 Å². The maximum atomic E-state index is 5.29. The van der Waals surface area contributed by atoms with Crippen molar-refractivity contribution < 1.29 is 36.0 Å². The molecule has 1 aliphatic rings. The second kappa shape index (κ2) is 7.64. The molecule has 1 saturated heterocycles. The second-order valence-electron chi connectivity index (χ2n) is 3.07. The molecule has 0 aromatic rings. The van der Waals surface area contributed by atoms with E-state index in [4.69, 9.17) is 36.0 Å². The van der Waals surface area contributed by atoms with Crippen LogP contribution in [0.15, 0.2) is 0 Å². The van der Waals surface area contributed by atoms with E-state index in [0.29, 0.717) is 26.4 Å². The Kier molecular flexibility index (Phi) is 6.86. The molecule has 0 atom stereocenters. The fraction of sp³-hybridized carbons (Fsp3) is 1.00. The highest BCUT2D eigenvalue weighted by atomic mass is 28.4. The molecule has 10 heteroatoms. The quantitative estimate of drug-likeness (QED) is 0.484.